The molecule has 244 valence electrons. The molecular weight excluding hydrogens is 588 g/mol. The summed E-state index contributed by atoms with van der Waals surface area (Å²) in [6.45, 7) is 6.37. The Kier molecular flexibility index (Phi) is 11.1. The lowest BCUT2D eigenvalue weighted by Gasteiger charge is -2.33. The van der Waals surface area contributed by atoms with Gasteiger partial charge in [0.25, 0.3) is 0 Å². The highest BCUT2D eigenvalue weighted by Crippen LogP contribution is 2.35. The summed E-state index contributed by atoms with van der Waals surface area (Å²) in [6, 6.07) is 15.5. The number of esters is 1. The summed E-state index contributed by atoms with van der Waals surface area (Å²) in [6.07, 6.45) is 6.39. The molecule has 0 bridgehead atoms. The van der Waals surface area contributed by atoms with Crippen LogP contribution in [0.4, 0.5) is 4.79 Å². The van der Waals surface area contributed by atoms with Crippen molar-refractivity contribution in [2.24, 2.45) is 5.92 Å². The van der Waals surface area contributed by atoms with Gasteiger partial charge in [0.2, 0.25) is 17.7 Å². The Morgan fingerprint density at radius 3 is 2.09 bits per heavy atom. The minimum atomic E-state index is -1.14. The van der Waals surface area contributed by atoms with Gasteiger partial charge < -0.3 is 30.3 Å². The lowest BCUT2D eigenvalue weighted by Crippen LogP contribution is -2.59. The third-order valence-corrected chi connectivity index (χ3v) is 8.19. The Bertz CT molecular complexity index is 1410. The first-order valence-electron chi connectivity index (χ1n) is 15.5. The van der Waals surface area contributed by atoms with E-state index in [4.69, 9.17) is 15.9 Å². The highest BCUT2D eigenvalue weighted by molar-refractivity contribution is 5.95. The second-order valence-electron chi connectivity index (χ2n) is 12.7. The van der Waals surface area contributed by atoms with Crippen molar-refractivity contribution in [1.82, 2.24) is 20.9 Å². The monoisotopic (exact) mass is 630 g/mol. The van der Waals surface area contributed by atoms with E-state index in [1.807, 2.05) is 66.6 Å². The van der Waals surface area contributed by atoms with Crippen LogP contribution in [0.3, 0.4) is 0 Å². The average molecular weight is 631 g/mol. The number of benzene rings is 2. The van der Waals surface area contributed by atoms with Crippen LogP contribution in [-0.2, 0) is 28.7 Å². The molecule has 2 aliphatic heterocycles. The third kappa shape index (κ3) is 8.65. The maximum atomic E-state index is 14.3. The van der Waals surface area contributed by atoms with Crippen molar-refractivity contribution in [1.29, 1.82) is 0 Å². The zero-order chi connectivity index (χ0) is 33.4. The molecule has 46 heavy (non-hydrogen) atoms. The van der Waals surface area contributed by atoms with Gasteiger partial charge in [-0.15, -0.1) is 6.42 Å². The molecule has 11 heteroatoms. The minimum Gasteiger partial charge on any atom is -0.456 e. The van der Waals surface area contributed by atoms with Gasteiger partial charge in [-0.1, -0.05) is 60.7 Å². The number of hydrogen-bond acceptors (Lipinski definition) is 7. The molecule has 2 heterocycles. The van der Waals surface area contributed by atoms with Crippen LogP contribution in [0.1, 0.15) is 70.5 Å². The van der Waals surface area contributed by atoms with Crippen molar-refractivity contribution >= 4 is 29.8 Å². The van der Waals surface area contributed by atoms with Gasteiger partial charge in [-0.3, -0.25) is 14.4 Å². The molecule has 11 nitrogen and oxygen atoms in total. The van der Waals surface area contributed by atoms with Gasteiger partial charge in [-0.05, 0) is 64.5 Å². The lowest BCUT2D eigenvalue weighted by molar-refractivity contribution is -0.145. The number of rotatable bonds is 9. The zero-order valence-corrected chi connectivity index (χ0v) is 26.7. The highest BCUT2D eigenvalue weighted by Gasteiger charge is 2.48. The molecule has 2 aliphatic rings. The number of terminal acetylenes is 1. The maximum absolute atomic E-state index is 14.3. The number of carbonyl (C=O) groups excluding carboxylic acids is 5. The van der Waals surface area contributed by atoms with Gasteiger partial charge in [0, 0.05) is 17.9 Å². The number of hydrogen-bond donors (Lipinski definition) is 3. The number of carbonyl (C=O) groups is 5. The third-order valence-electron chi connectivity index (χ3n) is 8.19. The van der Waals surface area contributed by atoms with Crippen molar-refractivity contribution in [3.8, 4) is 12.3 Å². The summed E-state index contributed by atoms with van der Waals surface area (Å²) in [5, 5.41) is 8.41. The molecule has 0 aliphatic carbocycles. The summed E-state index contributed by atoms with van der Waals surface area (Å²) in [4.78, 5) is 67.3. The number of ether oxygens (including phenoxy) is 2. The van der Waals surface area contributed by atoms with E-state index < -0.39 is 59.6 Å². The van der Waals surface area contributed by atoms with E-state index in [-0.39, 0.29) is 18.6 Å². The van der Waals surface area contributed by atoms with Crippen molar-refractivity contribution in [2.75, 3.05) is 6.61 Å². The van der Waals surface area contributed by atoms with Crippen LogP contribution in [0.5, 0.6) is 0 Å². The van der Waals surface area contributed by atoms with Gasteiger partial charge in [-0.25, -0.2) is 9.59 Å². The number of fused-ring (bicyclic) bond motifs is 1. The normalized spacial score (nSPS) is 21.7. The van der Waals surface area contributed by atoms with Crippen LogP contribution in [-0.4, -0.2) is 71.1 Å². The number of nitrogens with one attached hydrogen (secondary N) is 3. The van der Waals surface area contributed by atoms with Gasteiger partial charge in [-0.2, -0.15) is 0 Å². The van der Waals surface area contributed by atoms with Crippen molar-refractivity contribution < 1.29 is 33.4 Å². The van der Waals surface area contributed by atoms with Crippen LogP contribution in [0.15, 0.2) is 60.7 Å². The van der Waals surface area contributed by atoms with Crippen molar-refractivity contribution in [3.63, 3.8) is 0 Å². The Balaban J connectivity index is 1.57. The summed E-state index contributed by atoms with van der Waals surface area (Å²) >= 11 is 0. The van der Waals surface area contributed by atoms with E-state index in [1.165, 1.54) is 6.92 Å². The number of alkyl carbamates (subject to hydrolysis) is 1. The first kappa shape index (κ1) is 34.0. The van der Waals surface area contributed by atoms with E-state index in [2.05, 4.69) is 16.0 Å². The van der Waals surface area contributed by atoms with E-state index >= 15 is 0 Å². The Morgan fingerprint density at radius 2 is 1.52 bits per heavy atom. The molecule has 4 amide bonds. The molecule has 0 unspecified atom stereocenters. The van der Waals surface area contributed by atoms with E-state index in [0.29, 0.717) is 25.7 Å². The molecule has 2 aromatic carbocycles. The zero-order valence-electron chi connectivity index (χ0n) is 26.7. The van der Waals surface area contributed by atoms with Crippen LogP contribution < -0.4 is 16.0 Å². The number of amides is 4. The molecule has 3 N–H and O–H groups in total. The Hall–Kier alpha value is -4.85. The molecule has 0 saturated carbocycles. The maximum Gasteiger partial charge on any atom is 0.408 e. The van der Waals surface area contributed by atoms with Gasteiger partial charge >= 0.3 is 12.1 Å². The van der Waals surface area contributed by atoms with Crippen LogP contribution in [0.2, 0.25) is 0 Å². The standard InChI is InChI=1S/C35H42N4O7/c1-6-28(40)45-21-25-17-18-26-19-20-27(32(42)37-29(23-13-9-7-10-14-23)24-15-11-8-12-16-24)39(26)33(43)30(25)38-31(41)22(2)36-34(44)46-35(3,4)5/h1,7-16,22,25-27,29-30H,17-21H2,2-5H3,(H,36,44)(H,37,42)(H,38,41)/t22-,25+,26-,27-,30-/m0/s1. The Labute approximate surface area is 269 Å². The second kappa shape index (κ2) is 15.0. The van der Waals surface area contributed by atoms with Crippen LogP contribution in [0.25, 0.3) is 0 Å². The smallest absolute Gasteiger partial charge is 0.408 e. The van der Waals surface area contributed by atoms with Crippen LogP contribution >= 0.6 is 0 Å². The van der Waals surface area contributed by atoms with Crippen molar-refractivity contribution in [2.45, 2.75) is 89.2 Å². The Morgan fingerprint density at radius 1 is 0.935 bits per heavy atom. The quantitative estimate of drug-likeness (QED) is 0.219. The lowest BCUT2D eigenvalue weighted by atomic mass is 9.93. The predicted octanol–water partition coefficient (Wildman–Crippen LogP) is 3.24. The van der Waals surface area contributed by atoms with Crippen molar-refractivity contribution in [3.05, 3.63) is 71.8 Å². The fourth-order valence-corrected chi connectivity index (χ4v) is 5.99. The van der Waals surface area contributed by atoms with Gasteiger partial charge in [0.15, 0.2) is 0 Å². The molecule has 0 radical (unpaired) electrons. The van der Waals surface area contributed by atoms with Crippen LogP contribution in [0, 0.1) is 18.3 Å². The molecule has 0 aromatic heterocycles. The SMILES string of the molecule is C#CC(=O)OC[C@H]1CC[C@H]2CC[C@@H](C(=O)NC(c3ccccc3)c3ccccc3)N2C(=O)[C@H]1NC(=O)[C@H](C)NC(=O)OC(C)(C)C. The first-order valence-corrected chi connectivity index (χ1v) is 15.5. The molecular formula is C35H42N4O7. The van der Waals surface area contributed by atoms with E-state index in [0.717, 1.165) is 11.1 Å². The molecule has 2 aromatic rings. The summed E-state index contributed by atoms with van der Waals surface area (Å²) in [7, 11) is 0. The second-order valence-corrected chi connectivity index (χ2v) is 12.7. The van der Waals surface area contributed by atoms with E-state index in [1.54, 1.807) is 25.7 Å². The first-order chi connectivity index (χ1) is 21.9. The summed E-state index contributed by atoms with van der Waals surface area (Å²) in [5.74, 6) is -1.01. The fraction of sp³-hybridized carbons (Fsp3) is 0.457. The summed E-state index contributed by atoms with van der Waals surface area (Å²) in [5.41, 5.74) is 1.01. The average Bonchev–Trinajstić information content (AvgIpc) is 3.41. The van der Waals surface area contributed by atoms with Gasteiger partial charge in [0.1, 0.15) is 23.7 Å². The highest BCUT2D eigenvalue weighted by atomic mass is 16.6. The molecule has 5 atom stereocenters. The molecule has 2 fully saturated rings. The topological polar surface area (TPSA) is 143 Å². The predicted molar refractivity (Wildman–Crippen MR) is 170 cm³/mol. The number of nitrogens with zero attached hydrogens (tertiary/aromatic N) is 1. The molecule has 0 spiro atoms. The fourth-order valence-electron chi connectivity index (χ4n) is 5.99. The summed E-state index contributed by atoms with van der Waals surface area (Å²) < 4.78 is 10.5. The minimum absolute atomic E-state index is 0.199. The molecule has 4 rings (SSSR count). The molecule has 2 saturated heterocycles. The largest absolute Gasteiger partial charge is 0.456 e. The van der Waals surface area contributed by atoms with Gasteiger partial charge in [0.05, 0.1) is 12.6 Å². The van der Waals surface area contributed by atoms with E-state index in [9.17, 15) is 24.0 Å².